The topological polar surface area (TPSA) is 123 Å². The van der Waals surface area contributed by atoms with E-state index in [4.69, 9.17) is 19.9 Å². The van der Waals surface area contributed by atoms with Crippen LogP contribution in [-0.2, 0) is 13.1 Å². The predicted octanol–water partition coefficient (Wildman–Crippen LogP) is 9.42. The van der Waals surface area contributed by atoms with Crippen molar-refractivity contribution in [2.24, 2.45) is 0 Å². The van der Waals surface area contributed by atoms with Crippen LogP contribution in [0.25, 0.3) is 35.7 Å². The average molecular weight is 829 g/mol. The molecule has 6 aromatic heterocycles. The monoisotopic (exact) mass is 828 g/mol. The third-order valence-corrected chi connectivity index (χ3v) is 11.3. The SMILES string of the molecule is Cc1cn(-c2ccc(/C=C/c3nc4n(n3)CCC[C@@H]4c3ccc(F)cc3)nc2C)cn1.Cc1cn(-c2ccc(/C=C/c3nc4n(n3)CCC[C@H]4c3ccc(F)cc3)nc2C)cn1. The van der Waals surface area contributed by atoms with Gasteiger partial charge in [0.2, 0.25) is 0 Å². The first-order valence-electron chi connectivity index (χ1n) is 20.9. The zero-order chi connectivity index (χ0) is 42.7. The molecule has 0 aliphatic carbocycles. The first-order valence-corrected chi connectivity index (χ1v) is 20.9. The lowest BCUT2D eigenvalue weighted by molar-refractivity contribution is 0.445. The molecule has 12 nitrogen and oxygen atoms in total. The molecular formula is C48H46F2N12. The molecule has 312 valence electrons. The van der Waals surface area contributed by atoms with Gasteiger partial charge in [-0.05, 0) is 137 Å². The molecule has 0 saturated heterocycles. The maximum Gasteiger partial charge on any atom is 0.174 e. The highest BCUT2D eigenvalue weighted by molar-refractivity contribution is 5.66. The summed E-state index contributed by atoms with van der Waals surface area (Å²) in [5.74, 6) is 3.04. The van der Waals surface area contributed by atoms with Crippen molar-refractivity contribution in [1.82, 2.24) is 58.6 Å². The summed E-state index contributed by atoms with van der Waals surface area (Å²) in [6, 6.07) is 21.4. The number of imidazole rings is 2. The van der Waals surface area contributed by atoms with Crippen LogP contribution in [0.5, 0.6) is 0 Å². The fourth-order valence-corrected chi connectivity index (χ4v) is 8.20. The van der Waals surface area contributed by atoms with Crippen LogP contribution in [0.15, 0.2) is 97.8 Å². The van der Waals surface area contributed by atoms with Gasteiger partial charge in [0, 0.05) is 37.3 Å². The second-order valence-corrected chi connectivity index (χ2v) is 15.8. The van der Waals surface area contributed by atoms with Crippen LogP contribution in [-0.4, -0.2) is 58.6 Å². The van der Waals surface area contributed by atoms with Crippen LogP contribution < -0.4 is 0 Å². The Labute approximate surface area is 358 Å². The minimum Gasteiger partial charge on any atom is -0.304 e. The van der Waals surface area contributed by atoms with Crippen molar-refractivity contribution >= 4 is 24.3 Å². The molecule has 8 heterocycles. The van der Waals surface area contributed by atoms with E-state index in [9.17, 15) is 8.78 Å². The van der Waals surface area contributed by atoms with Gasteiger partial charge >= 0.3 is 0 Å². The Bertz CT molecular complexity index is 2700. The van der Waals surface area contributed by atoms with E-state index in [1.54, 1.807) is 12.7 Å². The minimum absolute atomic E-state index is 0.141. The Kier molecular flexibility index (Phi) is 11.3. The number of rotatable bonds is 8. The third-order valence-electron chi connectivity index (χ3n) is 11.3. The van der Waals surface area contributed by atoms with E-state index in [1.807, 2.05) is 131 Å². The number of aryl methyl sites for hydroxylation is 6. The Balaban J connectivity index is 0.000000158. The smallest absolute Gasteiger partial charge is 0.174 e. The summed E-state index contributed by atoms with van der Waals surface area (Å²) in [6.07, 6.45) is 19.3. The van der Waals surface area contributed by atoms with Crippen LogP contribution in [0.1, 0.15) is 106 Å². The number of nitrogens with zero attached hydrogens (tertiary/aromatic N) is 12. The lowest BCUT2D eigenvalue weighted by atomic mass is 9.91. The molecule has 14 heteroatoms. The van der Waals surface area contributed by atoms with Crippen LogP contribution in [0, 0.1) is 39.3 Å². The number of fused-ring (bicyclic) bond motifs is 2. The quantitative estimate of drug-likeness (QED) is 0.149. The van der Waals surface area contributed by atoms with Gasteiger partial charge in [-0.1, -0.05) is 24.3 Å². The summed E-state index contributed by atoms with van der Waals surface area (Å²) < 4.78 is 34.5. The van der Waals surface area contributed by atoms with Crippen molar-refractivity contribution in [3.63, 3.8) is 0 Å². The van der Waals surface area contributed by atoms with E-state index in [-0.39, 0.29) is 23.5 Å². The summed E-state index contributed by atoms with van der Waals surface area (Å²) in [5.41, 5.74) is 9.66. The maximum absolute atomic E-state index is 13.3. The molecule has 0 amide bonds. The number of halogens is 2. The van der Waals surface area contributed by atoms with Gasteiger partial charge in [0.15, 0.2) is 11.6 Å². The highest BCUT2D eigenvalue weighted by atomic mass is 19.1. The molecule has 62 heavy (non-hydrogen) atoms. The van der Waals surface area contributed by atoms with E-state index in [0.717, 1.165) is 107 Å². The number of benzene rings is 2. The summed E-state index contributed by atoms with van der Waals surface area (Å²) in [7, 11) is 0. The Morgan fingerprint density at radius 2 is 0.935 bits per heavy atom. The van der Waals surface area contributed by atoms with Gasteiger partial charge in [-0.15, -0.1) is 0 Å². The van der Waals surface area contributed by atoms with Crippen molar-refractivity contribution in [2.75, 3.05) is 0 Å². The van der Waals surface area contributed by atoms with Crippen LogP contribution >= 0.6 is 0 Å². The number of hydrogen-bond acceptors (Lipinski definition) is 8. The third kappa shape index (κ3) is 8.80. The molecule has 0 unspecified atom stereocenters. The molecule has 2 atom stereocenters. The molecule has 0 fully saturated rings. The second kappa shape index (κ2) is 17.4. The number of aromatic nitrogens is 12. The molecule has 2 aliphatic rings. The molecular weight excluding hydrogens is 783 g/mol. The van der Waals surface area contributed by atoms with E-state index in [1.165, 1.54) is 24.3 Å². The first kappa shape index (κ1) is 40.2. The van der Waals surface area contributed by atoms with Crippen molar-refractivity contribution in [3.05, 3.63) is 178 Å². The first-order chi connectivity index (χ1) is 30.1. The number of pyridine rings is 2. The molecule has 2 aliphatic heterocycles. The van der Waals surface area contributed by atoms with Crippen LogP contribution in [0.4, 0.5) is 8.78 Å². The van der Waals surface area contributed by atoms with Gasteiger partial charge in [-0.25, -0.2) is 38.1 Å². The summed E-state index contributed by atoms with van der Waals surface area (Å²) >= 11 is 0. The van der Waals surface area contributed by atoms with Crippen molar-refractivity contribution in [3.8, 4) is 11.4 Å². The largest absolute Gasteiger partial charge is 0.304 e. The molecule has 0 spiro atoms. The summed E-state index contributed by atoms with van der Waals surface area (Å²) in [5, 5.41) is 9.31. The second-order valence-electron chi connectivity index (χ2n) is 15.8. The molecule has 10 rings (SSSR count). The highest BCUT2D eigenvalue weighted by Gasteiger charge is 2.26. The van der Waals surface area contributed by atoms with E-state index in [2.05, 4.69) is 20.2 Å². The normalized spacial score (nSPS) is 16.0. The molecule has 0 radical (unpaired) electrons. The van der Waals surface area contributed by atoms with Gasteiger partial charge in [0.05, 0.1) is 58.2 Å². The molecule has 8 aromatic rings. The Morgan fingerprint density at radius 1 is 0.516 bits per heavy atom. The van der Waals surface area contributed by atoms with Gasteiger partial charge in [-0.3, -0.25) is 9.97 Å². The van der Waals surface area contributed by atoms with Gasteiger partial charge in [-0.2, -0.15) is 10.2 Å². The molecule has 0 bridgehead atoms. The van der Waals surface area contributed by atoms with Crippen molar-refractivity contribution in [2.45, 2.75) is 78.3 Å². The zero-order valence-electron chi connectivity index (χ0n) is 35.1. The van der Waals surface area contributed by atoms with Crippen LogP contribution in [0.2, 0.25) is 0 Å². The highest BCUT2D eigenvalue weighted by Crippen LogP contribution is 2.34. The van der Waals surface area contributed by atoms with Crippen molar-refractivity contribution < 1.29 is 8.78 Å². The lowest BCUT2D eigenvalue weighted by Crippen LogP contribution is -2.17. The fourth-order valence-electron chi connectivity index (χ4n) is 8.20. The summed E-state index contributed by atoms with van der Waals surface area (Å²) in [4.78, 5) is 27.5. The van der Waals surface area contributed by atoms with Gasteiger partial charge < -0.3 is 9.13 Å². The standard InChI is InChI=1S/2C24H23FN6/c2*1-16-14-30(15-26-16)22-11-9-20(27-17(22)2)10-12-23-28-24-21(4-3-13-31(24)29-23)18-5-7-19(25)8-6-18/h2*5-12,14-15,21H,3-4,13H2,1-2H3/b2*12-10+/t2*21-/m10/s1. The molecule has 0 N–H and O–H groups in total. The predicted molar refractivity (Wildman–Crippen MR) is 235 cm³/mol. The minimum atomic E-state index is -0.221. The van der Waals surface area contributed by atoms with E-state index >= 15 is 0 Å². The Hall–Kier alpha value is -7.22. The average Bonchev–Trinajstić information content (AvgIpc) is 4.10. The van der Waals surface area contributed by atoms with Crippen molar-refractivity contribution in [1.29, 1.82) is 0 Å². The maximum atomic E-state index is 13.3. The fraction of sp³-hybridized carbons (Fsp3) is 0.250. The van der Waals surface area contributed by atoms with E-state index in [0.29, 0.717) is 11.6 Å². The van der Waals surface area contributed by atoms with Gasteiger partial charge in [0.1, 0.15) is 23.3 Å². The zero-order valence-corrected chi connectivity index (χ0v) is 35.1. The molecule has 0 saturated carbocycles. The van der Waals surface area contributed by atoms with E-state index < -0.39 is 0 Å². The number of hydrogen-bond donors (Lipinski definition) is 0. The lowest BCUT2D eigenvalue weighted by Gasteiger charge is -2.22. The van der Waals surface area contributed by atoms with Crippen LogP contribution in [0.3, 0.4) is 0 Å². The summed E-state index contributed by atoms with van der Waals surface area (Å²) in [6.45, 7) is 9.61. The van der Waals surface area contributed by atoms with Gasteiger partial charge in [0.25, 0.3) is 0 Å². The molecule has 2 aromatic carbocycles. The Morgan fingerprint density at radius 3 is 1.31 bits per heavy atom.